The normalized spacial score (nSPS) is 22.5. The molecule has 2 amide bonds. The Morgan fingerprint density at radius 2 is 1.85 bits per heavy atom. The molecule has 5 rings (SSSR count). The second kappa shape index (κ2) is 10.2. The number of nitrogens with zero attached hydrogens (tertiary/aromatic N) is 4. The summed E-state index contributed by atoms with van der Waals surface area (Å²) in [5.41, 5.74) is 0. The summed E-state index contributed by atoms with van der Waals surface area (Å²) < 4.78 is 5.39. The van der Waals surface area contributed by atoms with Crippen LogP contribution in [0.15, 0.2) is 30.5 Å². The van der Waals surface area contributed by atoms with Gasteiger partial charge in [-0.25, -0.2) is 0 Å². The number of ether oxygens (including phenoxy) is 1. The molecule has 2 aromatic heterocycles. The van der Waals surface area contributed by atoms with Gasteiger partial charge in [0.25, 0.3) is 5.91 Å². The third-order valence-corrected chi connectivity index (χ3v) is 8.28. The molecule has 0 bridgehead atoms. The van der Waals surface area contributed by atoms with Crippen LogP contribution in [0.4, 0.5) is 5.82 Å². The molecule has 5 heterocycles. The molecule has 0 aromatic carbocycles. The monoisotopic (exact) mass is 469 g/mol. The molecule has 2 aromatic rings. The topological polar surface area (TPSA) is 87.7 Å². The minimum absolute atomic E-state index is 0.00405. The Morgan fingerprint density at radius 3 is 2.61 bits per heavy atom. The van der Waals surface area contributed by atoms with Crippen LogP contribution in [-0.2, 0) is 9.53 Å². The molecule has 0 saturated carbocycles. The number of likely N-dealkylation sites (tertiary alicyclic amines) is 1. The molecule has 0 radical (unpaired) electrons. The average molecular weight is 470 g/mol. The third kappa shape index (κ3) is 5.19. The van der Waals surface area contributed by atoms with Crippen LogP contribution in [0.1, 0.15) is 52.6 Å². The fourth-order valence-corrected chi connectivity index (χ4v) is 6.17. The zero-order chi connectivity index (χ0) is 22.6. The van der Waals surface area contributed by atoms with Crippen LogP contribution in [0.3, 0.4) is 0 Å². The highest BCUT2D eigenvalue weighted by Gasteiger charge is 2.31. The number of hydrogen-bond donors (Lipinski definition) is 1. The lowest BCUT2D eigenvalue weighted by Gasteiger charge is -2.35. The smallest absolute Gasteiger partial charge is 0.261 e. The van der Waals surface area contributed by atoms with Gasteiger partial charge < -0.3 is 19.9 Å². The number of aromatic nitrogens is 2. The van der Waals surface area contributed by atoms with Gasteiger partial charge in [-0.05, 0) is 62.3 Å². The maximum Gasteiger partial charge on any atom is 0.261 e. The van der Waals surface area contributed by atoms with Crippen molar-refractivity contribution >= 4 is 29.0 Å². The van der Waals surface area contributed by atoms with E-state index in [0.29, 0.717) is 25.0 Å². The number of piperidine rings is 1. The van der Waals surface area contributed by atoms with Crippen molar-refractivity contribution < 1.29 is 14.3 Å². The first kappa shape index (κ1) is 22.3. The Bertz CT molecular complexity index is 954. The summed E-state index contributed by atoms with van der Waals surface area (Å²) in [4.78, 5) is 31.8. The van der Waals surface area contributed by atoms with Crippen LogP contribution in [0.2, 0.25) is 0 Å². The molecule has 0 aliphatic carbocycles. The molecule has 3 fully saturated rings. The Labute approximate surface area is 198 Å². The summed E-state index contributed by atoms with van der Waals surface area (Å²) in [6.07, 6.45) is 6.19. The van der Waals surface area contributed by atoms with Gasteiger partial charge in [0.2, 0.25) is 5.91 Å². The second-order valence-corrected chi connectivity index (χ2v) is 10.3. The van der Waals surface area contributed by atoms with Crippen LogP contribution in [0, 0.1) is 5.92 Å². The summed E-state index contributed by atoms with van der Waals surface area (Å²) in [5, 5.41) is 11.3. The SMILES string of the molecule is O=C(N[C@H]1CCN(c2cccnn2)C1)c1ccc(C2CCN(C(=O)C3CCOCC3)CC2)s1. The summed E-state index contributed by atoms with van der Waals surface area (Å²) in [5.74, 6) is 1.72. The molecule has 3 aliphatic rings. The molecule has 1 N–H and O–H groups in total. The van der Waals surface area contributed by atoms with Crippen LogP contribution in [0.25, 0.3) is 0 Å². The number of carbonyl (C=O) groups excluding carboxylic acids is 2. The van der Waals surface area contributed by atoms with E-state index in [1.54, 1.807) is 17.5 Å². The highest BCUT2D eigenvalue weighted by atomic mass is 32.1. The number of thiophene rings is 1. The lowest BCUT2D eigenvalue weighted by molar-refractivity contribution is -0.139. The molecule has 0 unspecified atom stereocenters. The van der Waals surface area contributed by atoms with Crippen LogP contribution >= 0.6 is 11.3 Å². The fourth-order valence-electron chi connectivity index (χ4n) is 5.09. The number of rotatable bonds is 5. The zero-order valence-corrected chi connectivity index (χ0v) is 19.6. The van der Waals surface area contributed by atoms with E-state index in [9.17, 15) is 9.59 Å². The predicted octanol–water partition coefficient (Wildman–Crippen LogP) is 2.68. The quantitative estimate of drug-likeness (QED) is 0.725. The minimum Gasteiger partial charge on any atom is -0.381 e. The number of carbonyl (C=O) groups is 2. The minimum atomic E-state index is 0.00405. The van der Waals surface area contributed by atoms with E-state index in [2.05, 4.69) is 26.5 Å². The lowest BCUT2D eigenvalue weighted by atomic mass is 9.92. The van der Waals surface area contributed by atoms with Gasteiger partial charge >= 0.3 is 0 Å². The molecular weight excluding hydrogens is 438 g/mol. The number of nitrogens with one attached hydrogen (secondary N) is 1. The molecular formula is C24H31N5O3S. The van der Waals surface area contributed by atoms with Gasteiger partial charge in [-0.15, -0.1) is 16.4 Å². The standard InChI is InChI=1S/C24H31N5O3S/c30-23(26-19-7-13-29(16-19)22-2-1-10-25-27-22)21-4-3-20(33-21)17-5-11-28(12-6-17)24(31)18-8-14-32-15-9-18/h1-4,10,17-19H,5-9,11-16H2,(H,26,30)/t19-/m0/s1. The largest absolute Gasteiger partial charge is 0.381 e. The molecule has 9 heteroatoms. The van der Waals surface area contributed by atoms with E-state index in [0.717, 1.165) is 69.0 Å². The molecule has 3 saturated heterocycles. The van der Waals surface area contributed by atoms with Gasteiger partial charge in [0.1, 0.15) is 0 Å². The number of amides is 2. The average Bonchev–Trinajstić information content (AvgIpc) is 3.55. The first-order chi connectivity index (χ1) is 16.2. The highest BCUT2D eigenvalue weighted by molar-refractivity contribution is 7.14. The number of hydrogen-bond acceptors (Lipinski definition) is 7. The van der Waals surface area contributed by atoms with Gasteiger partial charge in [0.15, 0.2) is 5.82 Å². The van der Waals surface area contributed by atoms with Crippen molar-refractivity contribution in [3.8, 4) is 0 Å². The maximum absolute atomic E-state index is 12.8. The van der Waals surface area contributed by atoms with E-state index in [1.165, 1.54) is 4.88 Å². The van der Waals surface area contributed by atoms with Gasteiger partial charge in [-0.2, -0.15) is 5.10 Å². The van der Waals surface area contributed by atoms with Crippen molar-refractivity contribution in [1.29, 1.82) is 0 Å². The van der Waals surface area contributed by atoms with E-state index in [1.807, 2.05) is 23.1 Å². The van der Waals surface area contributed by atoms with Crippen molar-refractivity contribution in [3.05, 3.63) is 40.2 Å². The summed E-state index contributed by atoms with van der Waals surface area (Å²) in [6, 6.07) is 7.99. The van der Waals surface area contributed by atoms with Gasteiger partial charge in [-0.1, -0.05) is 0 Å². The highest BCUT2D eigenvalue weighted by Crippen LogP contribution is 2.34. The summed E-state index contributed by atoms with van der Waals surface area (Å²) >= 11 is 1.60. The first-order valence-electron chi connectivity index (χ1n) is 12.0. The Kier molecular flexibility index (Phi) is 6.87. The van der Waals surface area contributed by atoms with Crippen LogP contribution < -0.4 is 10.2 Å². The third-order valence-electron chi connectivity index (χ3n) is 7.04. The first-order valence-corrected chi connectivity index (χ1v) is 12.8. The zero-order valence-electron chi connectivity index (χ0n) is 18.8. The van der Waals surface area contributed by atoms with Crippen molar-refractivity contribution in [1.82, 2.24) is 20.4 Å². The van der Waals surface area contributed by atoms with E-state index >= 15 is 0 Å². The Hall–Kier alpha value is -2.52. The van der Waals surface area contributed by atoms with Crippen LogP contribution in [-0.4, -0.2) is 72.3 Å². The summed E-state index contributed by atoms with van der Waals surface area (Å²) in [6.45, 7) is 4.63. The molecule has 0 spiro atoms. The lowest BCUT2D eigenvalue weighted by Crippen LogP contribution is -2.42. The molecule has 176 valence electrons. The summed E-state index contributed by atoms with van der Waals surface area (Å²) in [7, 11) is 0. The molecule has 3 aliphatic heterocycles. The van der Waals surface area contributed by atoms with Gasteiger partial charge in [0, 0.05) is 62.4 Å². The molecule has 33 heavy (non-hydrogen) atoms. The van der Waals surface area contributed by atoms with Crippen molar-refractivity contribution in [2.45, 2.75) is 44.1 Å². The Balaban J connectivity index is 1.11. The number of anilines is 1. The van der Waals surface area contributed by atoms with Crippen molar-refractivity contribution in [2.24, 2.45) is 5.92 Å². The molecule has 1 atom stereocenters. The van der Waals surface area contributed by atoms with E-state index in [-0.39, 0.29) is 17.9 Å². The van der Waals surface area contributed by atoms with E-state index in [4.69, 9.17) is 4.74 Å². The fraction of sp³-hybridized carbons (Fsp3) is 0.583. The van der Waals surface area contributed by atoms with Gasteiger partial charge in [0.05, 0.1) is 4.88 Å². The second-order valence-electron chi connectivity index (χ2n) is 9.18. The van der Waals surface area contributed by atoms with Gasteiger partial charge in [-0.3, -0.25) is 9.59 Å². The Morgan fingerprint density at radius 1 is 1.03 bits per heavy atom. The van der Waals surface area contributed by atoms with Crippen molar-refractivity contribution in [3.63, 3.8) is 0 Å². The van der Waals surface area contributed by atoms with Crippen molar-refractivity contribution in [2.75, 3.05) is 44.3 Å². The van der Waals surface area contributed by atoms with Crippen LogP contribution in [0.5, 0.6) is 0 Å². The van der Waals surface area contributed by atoms with E-state index < -0.39 is 0 Å². The predicted molar refractivity (Wildman–Crippen MR) is 127 cm³/mol. The maximum atomic E-state index is 12.8. The molecule has 8 nitrogen and oxygen atoms in total.